The van der Waals surface area contributed by atoms with Crippen molar-refractivity contribution in [1.29, 1.82) is 0 Å². The Bertz CT molecular complexity index is 377. The molecule has 2 aromatic rings. The minimum Gasteiger partial charge on any atom is -0.508 e. The molecule has 0 atom stereocenters. The molecule has 2 heteroatoms. The number of hydrogen-bond acceptors (Lipinski definition) is 2. The van der Waals surface area contributed by atoms with Gasteiger partial charge in [-0.2, -0.15) is 0 Å². The molecule has 0 heterocycles. The van der Waals surface area contributed by atoms with Crippen LogP contribution in [0.15, 0.2) is 59.5 Å². The predicted octanol–water partition coefficient (Wildman–Crippen LogP) is 3.68. The summed E-state index contributed by atoms with van der Waals surface area (Å²) in [6.07, 6.45) is 0. The van der Waals surface area contributed by atoms with Crippen LogP contribution in [0.25, 0.3) is 0 Å². The molecular formula is C13H14OS. The number of aromatic hydroxyl groups is 1. The molecule has 0 saturated carbocycles. The highest BCUT2D eigenvalue weighted by molar-refractivity contribution is 7.80. The van der Waals surface area contributed by atoms with Gasteiger partial charge < -0.3 is 5.11 Å². The number of rotatable bonds is 0. The Balaban J connectivity index is 0.000000151. The fourth-order valence-electron chi connectivity index (χ4n) is 0.991. The smallest absolute Gasteiger partial charge is 0.118 e. The van der Waals surface area contributed by atoms with E-state index in [1.807, 2.05) is 55.5 Å². The van der Waals surface area contributed by atoms with Crippen LogP contribution in [0.5, 0.6) is 5.75 Å². The third-order valence-corrected chi connectivity index (χ3v) is 2.17. The normalized spacial score (nSPS) is 8.93. The average Bonchev–Trinajstić information content (AvgIpc) is 2.25. The highest BCUT2D eigenvalue weighted by Gasteiger charge is 1.87. The molecule has 2 rings (SSSR count). The van der Waals surface area contributed by atoms with Crippen molar-refractivity contribution >= 4 is 12.6 Å². The SMILES string of the molecule is Cc1ccccc1O.Sc1ccccc1. The molecule has 0 fully saturated rings. The van der Waals surface area contributed by atoms with E-state index in [4.69, 9.17) is 5.11 Å². The summed E-state index contributed by atoms with van der Waals surface area (Å²) >= 11 is 4.08. The molecule has 0 radical (unpaired) electrons. The van der Waals surface area contributed by atoms with Crippen LogP contribution in [0.2, 0.25) is 0 Å². The van der Waals surface area contributed by atoms with Gasteiger partial charge in [-0.05, 0) is 30.7 Å². The van der Waals surface area contributed by atoms with Gasteiger partial charge in [-0.25, -0.2) is 0 Å². The second-order valence-corrected chi connectivity index (χ2v) is 3.64. The summed E-state index contributed by atoms with van der Waals surface area (Å²) < 4.78 is 0. The van der Waals surface area contributed by atoms with Gasteiger partial charge in [-0.3, -0.25) is 0 Å². The molecule has 0 saturated heterocycles. The molecule has 0 bridgehead atoms. The molecule has 0 aliphatic heterocycles. The summed E-state index contributed by atoms with van der Waals surface area (Å²) in [5.41, 5.74) is 0.924. The van der Waals surface area contributed by atoms with Gasteiger partial charge in [0.1, 0.15) is 5.75 Å². The van der Waals surface area contributed by atoms with Gasteiger partial charge in [0.2, 0.25) is 0 Å². The highest BCUT2D eigenvalue weighted by Crippen LogP contribution is 2.12. The number of phenols is 1. The van der Waals surface area contributed by atoms with Crippen LogP contribution in [-0.4, -0.2) is 5.11 Å². The molecule has 0 spiro atoms. The van der Waals surface area contributed by atoms with Crippen molar-refractivity contribution in [2.75, 3.05) is 0 Å². The lowest BCUT2D eigenvalue weighted by atomic mass is 10.2. The third-order valence-electron chi connectivity index (χ3n) is 1.87. The quantitative estimate of drug-likeness (QED) is 0.646. The second kappa shape index (κ2) is 6.14. The van der Waals surface area contributed by atoms with Crippen molar-refractivity contribution in [2.45, 2.75) is 11.8 Å². The Morgan fingerprint density at radius 1 is 0.867 bits per heavy atom. The number of thiol groups is 1. The number of benzene rings is 2. The maximum absolute atomic E-state index is 8.92. The zero-order valence-electron chi connectivity index (χ0n) is 8.59. The third kappa shape index (κ3) is 4.56. The van der Waals surface area contributed by atoms with Gasteiger partial charge in [0.15, 0.2) is 0 Å². The Kier molecular flexibility index (Phi) is 4.78. The number of aryl methyl sites for hydroxylation is 1. The van der Waals surface area contributed by atoms with Crippen molar-refractivity contribution < 1.29 is 5.11 Å². The maximum atomic E-state index is 8.92. The second-order valence-electron chi connectivity index (χ2n) is 3.12. The summed E-state index contributed by atoms with van der Waals surface area (Å²) in [7, 11) is 0. The van der Waals surface area contributed by atoms with Crippen LogP contribution >= 0.6 is 12.6 Å². The fourth-order valence-corrected chi connectivity index (χ4v) is 1.16. The van der Waals surface area contributed by atoms with E-state index in [0.717, 1.165) is 10.5 Å². The van der Waals surface area contributed by atoms with Crippen molar-refractivity contribution in [3.8, 4) is 5.75 Å². The molecule has 0 amide bonds. The first kappa shape index (κ1) is 11.7. The topological polar surface area (TPSA) is 20.2 Å². The number of phenolic OH excluding ortho intramolecular Hbond substituents is 1. The van der Waals surface area contributed by atoms with Crippen molar-refractivity contribution in [2.24, 2.45) is 0 Å². The lowest BCUT2D eigenvalue weighted by molar-refractivity contribution is 0.471. The molecular weight excluding hydrogens is 204 g/mol. The van der Waals surface area contributed by atoms with Gasteiger partial charge in [0.25, 0.3) is 0 Å². The van der Waals surface area contributed by atoms with Crippen LogP contribution < -0.4 is 0 Å². The lowest BCUT2D eigenvalue weighted by Crippen LogP contribution is -1.68. The van der Waals surface area contributed by atoms with Gasteiger partial charge in [-0.1, -0.05) is 36.4 Å². The molecule has 2 aromatic carbocycles. The lowest BCUT2D eigenvalue weighted by Gasteiger charge is -1.92. The highest BCUT2D eigenvalue weighted by atomic mass is 32.1. The van der Waals surface area contributed by atoms with E-state index in [2.05, 4.69) is 12.6 Å². The zero-order valence-corrected chi connectivity index (χ0v) is 9.49. The molecule has 0 unspecified atom stereocenters. The van der Waals surface area contributed by atoms with Crippen molar-refractivity contribution in [1.82, 2.24) is 0 Å². The predicted molar refractivity (Wildman–Crippen MR) is 66.5 cm³/mol. The maximum Gasteiger partial charge on any atom is 0.118 e. The first-order chi connectivity index (χ1) is 7.20. The Labute approximate surface area is 95.8 Å². The molecule has 0 aliphatic carbocycles. The van der Waals surface area contributed by atoms with E-state index < -0.39 is 0 Å². The largest absolute Gasteiger partial charge is 0.508 e. The summed E-state index contributed by atoms with van der Waals surface area (Å²) in [4.78, 5) is 1.02. The van der Waals surface area contributed by atoms with E-state index in [-0.39, 0.29) is 0 Å². The van der Waals surface area contributed by atoms with Crippen LogP contribution in [0, 0.1) is 6.92 Å². The van der Waals surface area contributed by atoms with Gasteiger partial charge >= 0.3 is 0 Å². The fraction of sp³-hybridized carbons (Fsp3) is 0.0769. The molecule has 0 aliphatic rings. The minimum absolute atomic E-state index is 0.368. The molecule has 78 valence electrons. The summed E-state index contributed by atoms with van der Waals surface area (Å²) in [5, 5.41) is 8.92. The monoisotopic (exact) mass is 218 g/mol. The Hall–Kier alpha value is -1.41. The molecule has 15 heavy (non-hydrogen) atoms. The van der Waals surface area contributed by atoms with E-state index in [9.17, 15) is 0 Å². The van der Waals surface area contributed by atoms with Crippen LogP contribution in [0.3, 0.4) is 0 Å². The summed E-state index contributed by atoms with van der Waals surface area (Å²) in [6.45, 7) is 1.87. The molecule has 1 N–H and O–H groups in total. The van der Waals surface area contributed by atoms with Crippen molar-refractivity contribution in [3.63, 3.8) is 0 Å². The Morgan fingerprint density at radius 2 is 1.40 bits per heavy atom. The summed E-state index contributed by atoms with van der Waals surface area (Å²) in [6, 6.07) is 17.0. The molecule has 0 aromatic heterocycles. The first-order valence-corrected chi connectivity index (χ1v) is 5.13. The Morgan fingerprint density at radius 3 is 1.73 bits per heavy atom. The van der Waals surface area contributed by atoms with Gasteiger partial charge in [0, 0.05) is 4.90 Å². The van der Waals surface area contributed by atoms with Crippen LogP contribution in [-0.2, 0) is 0 Å². The molecule has 1 nitrogen and oxygen atoms in total. The standard InChI is InChI=1S/C7H8O.C6H6S/c1-6-4-2-3-5-7(6)8;7-6-4-2-1-3-5-6/h2-5,8H,1H3;1-5,7H. The van der Waals surface area contributed by atoms with Crippen LogP contribution in [0.1, 0.15) is 5.56 Å². The van der Waals surface area contributed by atoms with Crippen molar-refractivity contribution in [3.05, 3.63) is 60.2 Å². The summed E-state index contributed by atoms with van der Waals surface area (Å²) in [5.74, 6) is 0.368. The number of hydrogen-bond donors (Lipinski definition) is 2. The number of para-hydroxylation sites is 1. The van der Waals surface area contributed by atoms with Gasteiger partial charge in [-0.15, -0.1) is 12.6 Å². The van der Waals surface area contributed by atoms with Crippen LogP contribution in [0.4, 0.5) is 0 Å². The van der Waals surface area contributed by atoms with E-state index in [1.165, 1.54) is 0 Å². The zero-order chi connectivity index (χ0) is 11.1. The van der Waals surface area contributed by atoms with E-state index in [1.54, 1.807) is 6.07 Å². The van der Waals surface area contributed by atoms with E-state index in [0.29, 0.717) is 5.75 Å². The van der Waals surface area contributed by atoms with E-state index >= 15 is 0 Å². The van der Waals surface area contributed by atoms with Gasteiger partial charge in [0.05, 0.1) is 0 Å². The first-order valence-electron chi connectivity index (χ1n) is 4.69. The minimum atomic E-state index is 0.368. The average molecular weight is 218 g/mol.